The van der Waals surface area contributed by atoms with E-state index < -0.39 is 0 Å². The average Bonchev–Trinajstić information content (AvgIpc) is 0.988. The second-order valence-electron chi connectivity index (χ2n) is 38.7. The summed E-state index contributed by atoms with van der Waals surface area (Å²) in [6.07, 6.45) is 21.5. The predicted molar refractivity (Wildman–Crippen MR) is 369 cm³/mol. The van der Waals surface area contributed by atoms with Gasteiger partial charge in [-0.05, 0) is 218 Å². The summed E-state index contributed by atoms with van der Waals surface area (Å²) in [4.78, 5) is 44.6. The number of fused-ring (bicyclic) bond motifs is 4. The largest absolute Gasteiger partial charge is 0.349 e. The van der Waals surface area contributed by atoms with Crippen LogP contribution >= 0.6 is 0 Å². The molecule has 2 saturated carbocycles. The van der Waals surface area contributed by atoms with E-state index in [1.54, 1.807) is 0 Å². The zero-order valence-corrected chi connectivity index (χ0v) is 60.8. The van der Waals surface area contributed by atoms with E-state index in [4.69, 9.17) is 29.9 Å². The molecule has 0 unspecified atom stereocenters. The van der Waals surface area contributed by atoms with Crippen molar-refractivity contribution in [2.75, 3.05) is 56.4 Å². The summed E-state index contributed by atoms with van der Waals surface area (Å²) in [5, 5.41) is 16.0. The smallest absolute Gasteiger partial charge is 0.232 e. The van der Waals surface area contributed by atoms with Gasteiger partial charge in [0.1, 0.15) is 0 Å². The predicted octanol–water partition coefficient (Wildman–Crippen LogP) is 17.2. The van der Waals surface area contributed by atoms with Gasteiger partial charge >= 0.3 is 0 Å². The van der Waals surface area contributed by atoms with Crippen LogP contribution in [0.1, 0.15) is 308 Å². The number of hydrogen-bond acceptors (Lipinski definition) is 14. The van der Waals surface area contributed by atoms with Gasteiger partial charge in [-0.3, -0.25) is 0 Å². The molecular weight excluding hydrogens is 1060 g/mol. The molecule has 5 aliphatic rings. The van der Waals surface area contributed by atoms with Crippen LogP contribution < -0.4 is 40.9 Å². The fourth-order valence-electron chi connectivity index (χ4n) is 19.3. The molecule has 0 spiro atoms. The highest BCUT2D eigenvalue weighted by Gasteiger charge is 2.46. The normalized spacial score (nSPS) is 25.2. The molecule has 0 amide bonds. The van der Waals surface area contributed by atoms with Gasteiger partial charge in [-0.1, -0.05) is 123 Å². The second-order valence-corrected chi connectivity index (χ2v) is 38.7. The fraction of sp³-hybridized carbons (Fsp3) is 0.917. The van der Waals surface area contributed by atoms with E-state index in [0.29, 0.717) is 24.0 Å². The molecule has 2 saturated heterocycles. The molecule has 3 aliphatic heterocycles. The van der Waals surface area contributed by atoms with E-state index in [1.165, 1.54) is 12.8 Å². The minimum Gasteiger partial charge on any atom is -0.349 e. The van der Waals surface area contributed by atoms with Crippen LogP contribution in [0.5, 0.6) is 0 Å². The Balaban J connectivity index is 1.37. The first-order valence-electron chi connectivity index (χ1n) is 34.8. The summed E-state index contributed by atoms with van der Waals surface area (Å²) in [7, 11) is 0. The van der Waals surface area contributed by atoms with Crippen molar-refractivity contribution in [3.63, 3.8) is 0 Å². The summed E-state index contributed by atoms with van der Waals surface area (Å²) in [5.41, 5.74) is 0.270. The van der Waals surface area contributed by atoms with E-state index in [0.717, 1.165) is 166 Å². The van der Waals surface area contributed by atoms with Crippen molar-refractivity contribution in [1.29, 1.82) is 0 Å². The summed E-state index contributed by atoms with van der Waals surface area (Å²) in [6, 6.07) is 1.11. The molecule has 2 aromatic rings. The molecule has 0 atom stereocenters. The summed E-state index contributed by atoms with van der Waals surface area (Å²) >= 11 is 0. The minimum absolute atomic E-state index is 0.0569. The quantitative estimate of drug-likeness (QED) is 0.179. The Hall–Kier alpha value is -3.26. The molecule has 492 valence electrons. The molecule has 4 bridgehead atoms. The van der Waals surface area contributed by atoms with E-state index in [9.17, 15) is 0 Å². The molecule has 0 aromatic carbocycles. The van der Waals surface area contributed by atoms with E-state index >= 15 is 0 Å². The molecule has 5 heterocycles. The number of piperidine rings is 2. The third kappa shape index (κ3) is 20.9. The highest BCUT2D eigenvalue weighted by Crippen LogP contribution is 2.50. The molecule has 86 heavy (non-hydrogen) atoms. The number of hydrogen-bond donors (Lipinski definition) is 4. The van der Waals surface area contributed by atoms with Gasteiger partial charge in [0.2, 0.25) is 35.7 Å². The number of nitrogens with one attached hydrogen (secondary N) is 4. The first-order valence-corrected chi connectivity index (χ1v) is 34.8. The maximum atomic E-state index is 5.81. The van der Waals surface area contributed by atoms with Gasteiger partial charge in [-0.25, -0.2) is 0 Å². The van der Waals surface area contributed by atoms with Gasteiger partial charge in [0.25, 0.3) is 0 Å². The third-order valence-corrected chi connectivity index (χ3v) is 19.4. The number of anilines is 6. The van der Waals surface area contributed by atoms with Crippen LogP contribution in [0.25, 0.3) is 0 Å². The molecule has 0 radical (unpaired) electrons. The Bertz CT molecular complexity index is 2170. The van der Waals surface area contributed by atoms with Crippen molar-refractivity contribution < 1.29 is 0 Å². The van der Waals surface area contributed by atoms with E-state index in [1.807, 2.05) is 0 Å². The Labute approximate surface area is 528 Å². The lowest BCUT2D eigenvalue weighted by Crippen LogP contribution is -2.62. The van der Waals surface area contributed by atoms with Crippen molar-refractivity contribution >= 4 is 35.7 Å². The lowest BCUT2D eigenvalue weighted by atomic mass is 9.63. The number of rotatable bonds is 10. The lowest BCUT2D eigenvalue weighted by Gasteiger charge is -2.50. The number of nitrogens with zero attached hydrogens (tertiary/aromatic N) is 10. The Kier molecular flexibility index (Phi) is 20.8. The van der Waals surface area contributed by atoms with Crippen LogP contribution in [0.2, 0.25) is 0 Å². The lowest BCUT2D eigenvalue weighted by molar-refractivity contribution is 0.0939. The monoisotopic (exact) mass is 1200 g/mol. The fourth-order valence-corrected chi connectivity index (χ4v) is 19.3. The summed E-state index contributed by atoms with van der Waals surface area (Å²) < 4.78 is 0. The van der Waals surface area contributed by atoms with E-state index in [-0.39, 0.29) is 77.8 Å². The van der Waals surface area contributed by atoms with Gasteiger partial charge in [-0.15, -0.1) is 0 Å². The van der Waals surface area contributed by atoms with Crippen molar-refractivity contribution in [3.05, 3.63) is 0 Å². The standard InChI is InChI=1S/C72H134N14/c1-61(2,3)47-71(23,24)79-55-73-57-77-59(75-55)85(53-43-67(15,16)81-68(17,18)44-53)37-33-29-30-34-38-86(54-45-69(19,20)82-70(21,22)46-54)60-76-56(80-72(25,26)48-62(4,5)6)74-58(78-60)84(52-41-65(11,12)50-66(13,14)42-52)36-32-28-27-31-35-83(57)51-39-63(7,8)49-64(9,10)40-51/h51-54,81-82H,27-50H2,1-26H3,(H,73,75,77,79)(H,74,76,78,80). The topological polar surface area (TPSA) is 138 Å². The van der Waals surface area contributed by atoms with Crippen LogP contribution in [0, 0.1) is 32.5 Å². The molecule has 4 fully saturated rings. The van der Waals surface area contributed by atoms with Crippen LogP contribution in [0.4, 0.5) is 35.7 Å². The average molecular weight is 1200 g/mol. The molecule has 14 heteroatoms. The molecule has 4 N–H and O–H groups in total. The minimum atomic E-state index is -0.244. The van der Waals surface area contributed by atoms with Gasteiger partial charge in [0, 0.05) is 83.6 Å². The molecule has 2 aromatic heterocycles. The van der Waals surface area contributed by atoms with Crippen molar-refractivity contribution in [3.8, 4) is 0 Å². The van der Waals surface area contributed by atoms with Gasteiger partial charge < -0.3 is 40.9 Å². The summed E-state index contributed by atoms with van der Waals surface area (Å²) in [6.45, 7) is 66.0. The Morgan fingerprint density at radius 1 is 0.337 bits per heavy atom. The SMILES string of the molecule is CC(C)(C)CC(C)(C)Nc1nc2nc(n1)N(C1CC(C)(C)NC(C)(C)C1)CCCCCCN(C1CC(C)(C)NC(C)(C)C1)c1nc(NC(C)(C)CC(C)(C)C)nc(n1)N(C1CC(C)(C)CC(C)(C)C1)CCCCCCN2C1CC(C)(C)CC(C)(C)C1. The van der Waals surface area contributed by atoms with Gasteiger partial charge in [0.15, 0.2) is 0 Å². The van der Waals surface area contributed by atoms with Crippen LogP contribution in [0.15, 0.2) is 0 Å². The third-order valence-electron chi connectivity index (χ3n) is 19.4. The highest BCUT2D eigenvalue weighted by molar-refractivity contribution is 5.50. The second kappa shape index (κ2) is 25.4. The van der Waals surface area contributed by atoms with E-state index in [2.05, 4.69) is 221 Å². The summed E-state index contributed by atoms with van der Waals surface area (Å²) in [5.74, 6) is 4.78. The first-order chi connectivity index (χ1) is 39.1. The first kappa shape index (κ1) is 70.2. The Morgan fingerprint density at radius 2 is 0.558 bits per heavy atom. The van der Waals surface area contributed by atoms with Crippen molar-refractivity contribution in [1.82, 2.24) is 40.5 Å². The Morgan fingerprint density at radius 3 is 0.779 bits per heavy atom. The maximum absolute atomic E-state index is 5.81. The van der Waals surface area contributed by atoms with Crippen molar-refractivity contribution in [2.45, 2.75) is 366 Å². The zero-order valence-electron chi connectivity index (χ0n) is 60.8. The molecular formula is C72H134N14. The zero-order chi connectivity index (χ0) is 64.1. The van der Waals surface area contributed by atoms with Gasteiger partial charge in [-0.2, -0.15) is 29.9 Å². The van der Waals surface area contributed by atoms with Crippen LogP contribution in [-0.4, -0.2) is 113 Å². The van der Waals surface area contributed by atoms with Crippen LogP contribution in [0.3, 0.4) is 0 Å². The highest BCUT2D eigenvalue weighted by atomic mass is 15.4. The maximum Gasteiger partial charge on any atom is 0.232 e. The molecule has 2 aliphatic carbocycles. The van der Waals surface area contributed by atoms with Gasteiger partial charge in [0.05, 0.1) is 0 Å². The van der Waals surface area contributed by atoms with Crippen molar-refractivity contribution in [2.24, 2.45) is 32.5 Å². The number of aromatic nitrogens is 6. The molecule has 14 nitrogen and oxygen atoms in total. The molecule has 7 rings (SSSR count). The van der Waals surface area contributed by atoms with Crippen LogP contribution in [-0.2, 0) is 0 Å².